The molecule has 1 aromatic rings. The molecule has 4 nitrogen and oxygen atoms in total. The molecule has 0 fully saturated rings. The van der Waals surface area contributed by atoms with E-state index in [-0.39, 0.29) is 0 Å². The zero-order chi connectivity index (χ0) is 13.2. The average molecular weight is 236 g/mol. The maximum Gasteiger partial charge on any atom is 0.137 e. The van der Waals surface area contributed by atoms with Gasteiger partial charge in [-0.1, -0.05) is 27.7 Å². The molecule has 0 unspecified atom stereocenters. The largest absolute Gasteiger partial charge is 0.383 e. The van der Waals surface area contributed by atoms with Gasteiger partial charge in [-0.15, -0.1) is 0 Å². The summed E-state index contributed by atoms with van der Waals surface area (Å²) in [6.07, 6.45) is 0. The molecule has 0 aromatic carbocycles. The van der Waals surface area contributed by atoms with Gasteiger partial charge in [0.2, 0.25) is 0 Å². The number of hydrogen-bond donors (Lipinski definition) is 1. The van der Waals surface area contributed by atoms with Gasteiger partial charge in [0.15, 0.2) is 0 Å². The Labute approximate surface area is 104 Å². The van der Waals surface area contributed by atoms with Crippen molar-refractivity contribution in [1.82, 2.24) is 9.97 Å². The zero-order valence-electron chi connectivity index (χ0n) is 11.8. The lowest BCUT2D eigenvalue weighted by atomic mass is 10.1. The number of nitrogens with zero attached hydrogens (tertiary/aromatic N) is 3. The van der Waals surface area contributed by atoms with Gasteiger partial charge in [-0.2, -0.15) is 0 Å². The second kappa shape index (κ2) is 5.34. The van der Waals surface area contributed by atoms with E-state index in [2.05, 4.69) is 49.6 Å². The van der Waals surface area contributed by atoms with Gasteiger partial charge >= 0.3 is 0 Å². The van der Waals surface area contributed by atoms with Crippen LogP contribution in [0, 0.1) is 12.8 Å². The molecular weight excluding hydrogens is 212 g/mol. The summed E-state index contributed by atoms with van der Waals surface area (Å²) in [7, 11) is 2.05. The zero-order valence-corrected chi connectivity index (χ0v) is 11.8. The predicted molar refractivity (Wildman–Crippen MR) is 73.4 cm³/mol. The minimum absolute atomic E-state index is 0.295. The number of aromatic nitrogens is 2. The van der Waals surface area contributed by atoms with Crippen molar-refractivity contribution in [3.8, 4) is 0 Å². The molecule has 1 heterocycles. The van der Waals surface area contributed by atoms with Gasteiger partial charge in [0.1, 0.15) is 17.5 Å². The van der Waals surface area contributed by atoms with Crippen LogP contribution < -0.4 is 10.6 Å². The third-order valence-electron chi connectivity index (χ3n) is 2.69. The van der Waals surface area contributed by atoms with E-state index in [1.165, 1.54) is 0 Å². The fraction of sp³-hybridized carbons (Fsp3) is 0.692. The van der Waals surface area contributed by atoms with Crippen molar-refractivity contribution in [3.05, 3.63) is 11.4 Å². The summed E-state index contributed by atoms with van der Waals surface area (Å²) in [6.45, 7) is 11.5. The molecule has 17 heavy (non-hydrogen) atoms. The minimum atomic E-state index is 0.295. The van der Waals surface area contributed by atoms with Crippen molar-refractivity contribution >= 4 is 11.6 Å². The van der Waals surface area contributed by atoms with Crippen molar-refractivity contribution in [2.24, 2.45) is 5.92 Å². The lowest BCUT2D eigenvalue weighted by Gasteiger charge is -2.23. The standard InChI is InChI=1S/C13H24N4/c1-8(2)7-17(6)13-10(5)11(14)15-12(16-13)9(3)4/h8-9H,7H2,1-6H3,(H2,14,15,16). The minimum Gasteiger partial charge on any atom is -0.383 e. The van der Waals surface area contributed by atoms with Crippen LogP contribution in [0.25, 0.3) is 0 Å². The Morgan fingerprint density at radius 2 is 1.76 bits per heavy atom. The van der Waals surface area contributed by atoms with Crippen molar-refractivity contribution in [2.75, 3.05) is 24.2 Å². The van der Waals surface area contributed by atoms with Crippen LogP contribution in [0.3, 0.4) is 0 Å². The van der Waals surface area contributed by atoms with Crippen LogP contribution in [-0.4, -0.2) is 23.6 Å². The number of nitrogens with two attached hydrogens (primary N) is 1. The lowest BCUT2D eigenvalue weighted by Crippen LogP contribution is -2.25. The first kappa shape index (κ1) is 13.7. The van der Waals surface area contributed by atoms with Gasteiger partial charge in [0.25, 0.3) is 0 Å². The van der Waals surface area contributed by atoms with Crippen molar-refractivity contribution in [1.29, 1.82) is 0 Å². The van der Waals surface area contributed by atoms with Crippen LogP contribution in [0.4, 0.5) is 11.6 Å². The average Bonchev–Trinajstić information content (AvgIpc) is 2.20. The number of rotatable bonds is 4. The Hall–Kier alpha value is -1.32. The van der Waals surface area contributed by atoms with E-state index in [1.807, 2.05) is 6.92 Å². The smallest absolute Gasteiger partial charge is 0.137 e. The summed E-state index contributed by atoms with van der Waals surface area (Å²) >= 11 is 0. The number of nitrogen functional groups attached to an aromatic ring is 1. The fourth-order valence-corrected chi connectivity index (χ4v) is 1.80. The third kappa shape index (κ3) is 3.32. The summed E-state index contributed by atoms with van der Waals surface area (Å²) in [6, 6.07) is 0. The molecule has 96 valence electrons. The highest BCUT2D eigenvalue weighted by Crippen LogP contribution is 2.23. The Kier molecular flexibility index (Phi) is 4.32. The second-order valence-electron chi connectivity index (χ2n) is 5.34. The van der Waals surface area contributed by atoms with Crippen molar-refractivity contribution in [2.45, 2.75) is 40.5 Å². The molecule has 2 N–H and O–H groups in total. The Morgan fingerprint density at radius 3 is 2.24 bits per heavy atom. The van der Waals surface area contributed by atoms with E-state index in [0.717, 1.165) is 23.8 Å². The van der Waals surface area contributed by atoms with Gasteiger partial charge in [-0.05, 0) is 12.8 Å². The summed E-state index contributed by atoms with van der Waals surface area (Å²) in [4.78, 5) is 11.1. The topological polar surface area (TPSA) is 55.0 Å². The van der Waals surface area contributed by atoms with E-state index in [9.17, 15) is 0 Å². The molecule has 0 saturated heterocycles. The van der Waals surface area contributed by atoms with E-state index >= 15 is 0 Å². The highest BCUT2D eigenvalue weighted by atomic mass is 15.2. The summed E-state index contributed by atoms with van der Waals surface area (Å²) in [5.41, 5.74) is 6.92. The first-order valence-corrected chi connectivity index (χ1v) is 6.18. The normalized spacial score (nSPS) is 11.3. The molecule has 4 heteroatoms. The maximum absolute atomic E-state index is 5.95. The van der Waals surface area contributed by atoms with Crippen LogP contribution in [0.15, 0.2) is 0 Å². The molecule has 0 amide bonds. The van der Waals surface area contributed by atoms with Crippen LogP contribution in [0.2, 0.25) is 0 Å². The number of anilines is 2. The Bertz CT molecular complexity index is 385. The van der Waals surface area contributed by atoms with Gasteiger partial charge < -0.3 is 10.6 Å². The van der Waals surface area contributed by atoms with Crippen LogP contribution in [0.1, 0.15) is 45.0 Å². The van der Waals surface area contributed by atoms with Gasteiger partial charge in [-0.25, -0.2) is 9.97 Å². The summed E-state index contributed by atoms with van der Waals surface area (Å²) < 4.78 is 0. The molecule has 0 aliphatic heterocycles. The van der Waals surface area contributed by atoms with Crippen LogP contribution in [0.5, 0.6) is 0 Å². The number of hydrogen-bond acceptors (Lipinski definition) is 4. The first-order valence-electron chi connectivity index (χ1n) is 6.18. The second-order valence-corrected chi connectivity index (χ2v) is 5.34. The highest BCUT2D eigenvalue weighted by molar-refractivity contribution is 5.56. The SMILES string of the molecule is Cc1c(N)nc(C(C)C)nc1N(C)CC(C)C. The molecule has 1 rings (SSSR count). The molecular formula is C13H24N4. The highest BCUT2D eigenvalue weighted by Gasteiger charge is 2.14. The molecule has 0 atom stereocenters. The van der Waals surface area contributed by atoms with Crippen LogP contribution >= 0.6 is 0 Å². The molecule has 0 aliphatic carbocycles. The van der Waals surface area contributed by atoms with Crippen molar-refractivity contribution < 1.29 is 0 Å². The molecule has 0 saturated carbocycles. The monoisotopic (exact) mass is 236 g/mol. The van der Waals surface area contributed by atoms with E-state index < -0.39 is 0 Å². The molecule has 0 aliphatic rings. The summed E-state index contributed by atoms with van der Waals surface area (Å²) in [5.74, 6) is 3.25. The van der Waals surface area contributed by atoms with Crippen molar-refractivity contribution in [3.63, 3.8) is 0 Å². The molecule has 0 bridgehead atoms. The van der Waals surface area contributed by atoms with Gasteiger partial charge in [0.05, 0.1) is 0 Å². The fourth-order valence-electron chi connectivity index (χ4n) is 1.80. The van der Waals surface area contributed by atoms with E-state index in [0.29, 0.717) is 17.7 Å². The predicted octanol–water partition coefficient (Wildman–Crippen LogP) is 2.58. The quantitative estimate of drug-likeness (QED) is 0.873. The molecule has 0 radical (unpaired) electrons. The van der Waals surface area contributed by atoms with Gasteiger partial charge in [0, 0.05) is 25.1 Å². The third-order valence-corrected chi connectivity index (χ3v) is 2.69. The van der Waals surface area contributed by atoms with Gasteiger partial charge in [-0.3, -0.25) is 0 Å². The Balaban J connectivity index is 3.13. The maximum atomic E-state index is 5.95. The van der Waals surface area contributed by atoms with Crippen LogP contribution in [-0.2, 0) is 0 Å². The molecule has 1 aromatic heterocycles. The van der Waals surface area contributed by atoms with E-state index in [4.69, 9.17) is 5.73 Å². The Morgan fingerprint density at radius 1 is 1.18 bits per heavy atom. The molecule has 0 spiro atoms. The van der Waals surface area contributed by atoms with E-state index in [1.54, 1.807) is 0 Å². The summed E-state index contributed by atoms with van der Waals surface area (Å²) in [5, 5.41) is 0. The lowest BCUT2D eigenvalue weighted by molar-refractivity contribution is 0.630. The first-order chi connectivity index (χ1) is 7.82.